The molecule has 2 fully saturated rings. The van der Waals surface area contributed by atoms with Gasteiger partial charge < -0.3 is 15.1 Å². The predicted molar refractivity (Wildman–Crippen MR) is 92.2 cm³/mol. The summed E-state index contributed by atoms with van der Waals surface area (Å²) in [5.41, 5.74) is -0.629. The van der Waals surface area contributed by atoms with Crippen molar-refractivity contribution in [2.75, 3.05) is 19.3 Å². The fourth-order valence-corrected chi connectivity index (χ4v) is 4.17. The van der Waals surface area contributed by atoms with Crippen molar-refractivity contribution < 1.29 is 19.8 Å². The molecular formula is C18H23NO4S. The lowest BCUT2D eigenvalue weighted by molar-refractivity contribution is -0.163. The molecule has 1 aliphatic carbocycles. The van der Waals surface area contributed by atoms with Crippen molar-refractivity contribution in [3.63, 3.8) is 0 Å². The molecule has 0 unspecified atom stereocenters. The molecule has 0 aromatic heterocycles. The second-order valence-electron chi connectivity index (χ2n) is 6.84. The Morgan fingerprint density at radius 2 is 2.00 bits per heavy atom. The minimum absolute atomic E-state index is 0.0849. The molecule has 0 bridgehead atoms. The van der Waals surface area contributed by atoms with Crippen LogP contribution in [0.2, 0.25) is 0 Å². The number of piperidine rings is 1. The number of aliphatic carboxylic acids is 1. The molecule has 2 N–H and O–H groups in total. The summed E-state index contributed by atoms with van der Waals surface area (Å²) in [6.45, 7) is 0.476. The number of nitrogens with zero attached hydrogens (tertiary/aromatic N) is 1. The largest absolute Gasteiger partial charge is 0.481 e. The second-order valence-corrected chi connectivity index (χ2v) is 7.69. The van der Waals surface area contributed by atoms with Crippen LogP contribution in [0.5, 0.6) is 0 Å². The highest BCUT2D eigenvalue weighted by atomic mass is 32.2. The number of hydrogen-bond donors (Lipinski definition) is 2. The summed E-state index contributed by atoms with van der Waals surface area (Å²) in [6, 6.07) is 7.38. The molecule has 1 saturated carbocycles. The van der Waals surface area contributed by atoms with E-state index in [9.17, 15) is 19.8 Å². The van der Waals surface area contributed by atoms with E-state index in [4.69, 9.17) is 0 Å². The summed E-state index contributed by atoms with van der Waals surface area (Å²) in [7, 11) is 0. The molecule has 0 spiro atoms. The maximum absolute atomic E-state index is 12.9. The van der Waals surface area contributed by atoms with Crippen molar-refractivity contribution in [1.82, 2.24) is 4.90 Å². The lowest BCUT2D eigenvalue weighted by Crippen LogP contribution is -2.57. The number of hydrogen-bond acceptors (Lipinski definition) is 4. The third-order valence-electron chi connectivity index (χ3n) is 5.18. The number of aliphatic hydroxyl groups excluding tert-OH is 1. The molecule has 0 radical (unpaired) electrons. The number of carboxylic acid groups (broad SMARTS) is 1. The lowest BCUT2D eigenvalue weighted by Gasteiger charge is -2.43. The van der Waals surface area contributed by atoms with Gasteiger partial charge in [-0.3, -0.25) is 9.59 Å². The van der Waals surface area contributed by atoms with E-state index < -0.39 is 17.5 Å². The van der Waals surface area contributed by atoms with Crippen LogP contribution >= 0.6 is 11.8 Å². The number of aliphatic hydroxyl groups is 1. The SMILES string of the molecule is CSc1ccccc1C(=O)N1CC[C@H](O)[C@](CC2CC2)(C(=O)O)C1. The van der Waals surface area contributed by atoms with E-state index in [1.807, 2.05) is 24.5 Å². The van der Waals surface area contributed by atoms with Gasteiger partial charge >= 0.3 is 5.97 Å². The summed E-state index contributed by atoms with van der Waals surface area (Å²) in [4.78, 5) is 27.4. The molecule has 1 amide bonds. The molecular weight excluding hydrogens is 326 g/mol. The van der Waals surface area contributed by atoms with Gasteiger partial charge in [-0.15, -0.1) is 11.8 Å². The van der Waals surface area contributed by atoms with Gasteiger partial charge in [0.2, 0.25) is 0 Å². The molecule has 5 nitrogen and oxygen atoms in total. The zero-order valence-corrected chi connectivity index (χ0v) is 14.6. The third-order valence-corrected chi connectivity index (χ3v) is 5.98. The van der Waals surface area contributed by atoms with Crippen LogP contribution in [-0.2, 0) is 4.79 Å². The number of amides is 1. The molecule has 1 heterocycles. The van der Waals surface area contributed by atoms with E-state index in [2.05, 4.69) is 0 Å². The van der Waals surface area contributed by atoms with Gasteiger partial charge in [0.1, 0.15) is 5.41 Å². The first-order chi connectivity index (χ1) is 11.5. The number of carbonyl (C=O) groups excluding carboxylic acids is 1. The summed E-state index contributed by atoms with van der Waals surface area (Å²) in [6.07, 6.45) is 3.83. The molecule has 6 heteroatoms. The fourth-order valence-electron chi connectivity index (χ4n) is 3.58. The smallest absolute Gasteiger partial charge is 0.314 e. The predicted octanol–water partition coefficient (Wildman–Crippen LogP) is 2.49. The zero-order chi connectivity index (χ0) is 17.3. The van der Waals surface area contributed by atoms with Gasteiger partial charge in [0, 0.05) is 18.0 Å². The third kappa shape index (κ3) is 3.17. The van der Waals surface area contributed by atoms with Crippen LogP contribution in [0.1, 0.15) is 36.0 Å². The average Bonchev–Trinajstić information content (AvgIpc) is 3.40. The molecule has 1 aromatic carbocycles. The lowest BCUT2D eigenvalue weighted by atomic mass is 9.73. The van der Waals surface area contributed by atoms with Crippen molar-refractivity contribution in [1.29, 1.82) is 0 Å². The molecule has 1 aromatic rings. The quantitative estimate of drug-likeness (QED) is 0.799. The number of thioether (sulfide) groups is 1. The number of carboxylic acids is 1. The number of benzene rings is 1. The van der Waals surface area contributed by atoms with E-state index in [1.165, 1.54) is 11.8 Å². The van der Waals surface area contributed by atoms with Crippen molar-refractivity contribution in [3.05, 3.63) is 29.8 Å². The van der Waals surface area contributed by atoms with Crippen molar-refractivity contribution in [3.8, 4) is 0 Å². The minimum Gasteiger partial charge on any atom is -0.481 e. The van der Waals surface area contributed by atoms with Gasteiger partial charge in [-0.1, -0.05) is 25.0 Å². The number of rotatable bonds is 5. The molecule has 24 heavy (non-hydrogen) atoms. The standard InChI is InChI=1S/C18H23NO4S/c1-24-14-5-3-2-4-13(14)16(21)19-9-8-15(20)18(11-19,17(22)23)10-12-6-7-12/h2-5,12,15,20H,6-11H2,1H3,(H,22,23)/t15-,18+/m0/s1. The monoisotopic (exact) mass is 349 g/mol. The second kappa shape index (κ2) is 6.76. The van der Waals surface area contributed by atoms with E-state index in [0.29, 0.717) is 30.9 Å². The molecule has 1 aliphatic heterocycles. The van der Waals surface area contributed by atoms with Crippen molar-refractivity contribution in [2.45, 2.75) is 36.7 Å². The number of likely N-dealkylation sites (tertiary alicyclic amines) is 1. The maximum atomic E-state index is 12.9. The van der Waals surface area contributed by atoms with E-state index >= 15 is 0 Å². The normalized spacial score (nSPS) is 27.1. The Bertz CT molecular complexity index is 646. The highest BCUT2D eigenvalue weighted by molar-refractivity contribution is 7.98. The first-order valence-electron chi connectivity index (χ1n) is 8.31. The van der Waals surface area contributed by atoms with Crippen LogP contribution in [-0.4, -0.2) is 52.4 Å². The topological polar surface area (TPSA) is 77.8 Å². The van der Waals surface area contributed by atoms with Crippen LogP contribution in [0.25, 0.3) is 0 Å². The fraction of sp³-hybridized carbons (Fsp3) is 0.556. The van der Waals surface area contributed by atoms with Crippen LogP contribution in [0.4, 0.5) is 0 Å². The minimum atomic E-state index is -1.23. The van der Waals surface area contributed by atoms with Crippen LogP contribution < -0.4 is 0 Å². The van der Waals surface area contributed by atoms with Gasteiger partial charge in [-0.25, -0.2) is 0 Å². The number of carbonyl (C=O) groups is 2. The summed E-state index contributed by atoms with van der Waals surface area (Å²) >= 11 is 1.50. The zero-order valence-electron chi connectivity index (χ0n) is 13.8. The molecule has 1 saturated heterocycles. The summed E-state index contributed by atoms with van der Waals surface area (Å²) in [5, 5.41) is 20.2. The average molecular weight is 349 g/mol. The Labute approximate surface area is 146 Å². The molecule has 2 atom stereocenters. The summed E-state index contributed by atoms with van der Waals surface area (Å²) < 4.78 is 0. The van der Waals surface area contributed by atoms with Crippen LogP contribution in [0.3, 0.4) is 0 Å². The van der Waals surface area contributed by atoms with Crippen molar-refractivity contribution >= 4 is 23.6 Å². The molecule has 2 aliphatic rings. The van der Waals surface area contributed by atoms with Crippen LogP contribution in [0, 0.1) is 11.3 Å². The molecule has 3 rings (SSSR count). The first kappa shape index (κ1) is 17.3. The van der Waals surface area contributed by atoms with Gasteiger partial charge in [-0.05, 0) is 37.1 Å². The Hall–Kier alpha value is -1.53. The Morgan fingerprint density at radius 1 is 1.29 bits per heavy atom. The summed E-state index contributed by atoms with van der Waals surface area (Å²) in [5.74, 6) is -0.768. The Balaban J connectivity index is 1.86. The van der Waals surface area contributed by atoms with Gasteiger partial charge in [0.15, 0.2) is 0 Å². The molecule has 130 valence electrons. The highest BCUT2D eigenvalue weighted by Gasteiger charge is 2.52. The van der Waals surface area contributed by atoms with E-state index in [1.54, 1.807) is 11.0 Å². The van der Waals surface area contributed by atoms with E-state index in [-0.39, 0.29) is 12.5 Å². The highest BCUT2D eigenvalue weighted by Crippen LogP contribution is 2.45. The van der Waals surface area contributed by atoms with Gasteiger partial charge in [0.05, 0.1) is 11.7 Å². The first-order valence-corrected chi connectivity index (χ1v) is 9.54. The van der Waals surface area contributed by atoms with Crippen LogP contribution in [0.15, 0.2) is 29.2 Å². The van der Waals surface area contributed by atoms with Crippen molar-refractivity contribution in [2.24, 2.45) is 11.3 Å². The van der Waals surface area contributed by atoms with E-state index in [0.717, 1.165) is 17.7 Å². The van der Waals surface area contributed by atoms with Gasteiger partial charge in [-0.2, -0.15) is 0 Å². The Kier molecular flexibility index (Phi) is 4.88. The Morgan fingerprint density at radius 3 is 2.62 bits per heavy atom. The van der Waals surface area contributed by atoms with Gasteiger partial charge in [0.25, 0.3) is 5.91 Å². The maximum Gasteiger partial charge on any atom is 0.314 e.